The quantitative estimate of drug-likeness (QED) is 0.612. The first-order valence-electron chi connectivity index (χ1n) is 6.83. The molecule has 0 bridgehead atoms. The predicted octanol–water partition coefficient (Wildman–Crippen LogP) is 5.90. The molecule has 0 aliphatic carbocycles. The Kier molecular flexibility index (Phi) is 4.76. The Morgan fingerprint density at radius 3 is 2.05 bits per heavy atom. The summed E-state index contributed by atoms with van der Waals surface area (Å²) in [7, 11) is 0. The summed E-state index contributed by atoms with van der Waals surface area (Å²) in [6, 6.07) is 17.0. The molecular formula is C17H16ClNS2. The Balaban J connectivity index is 1.87. The van der Waals surface area contributed by atoms with Crippen molar-refractivity contribution in [1.29, 1.82) is 0 Å². The van der Waals surface area contributed by atoms with Gasteiger partial charge in [0, 0.05) is 20.8 Å². The lowest BCUT2D eigenvalue weighted by Gasteiger charge is -2.23. The smallest absolute Gasteiger partial charge is 0.0769 e. The monoisotopic (exact) mass is 333 g/mol. The van der Waals surface area contributed by atoms with Crippen LogP contribution in [-0.4, -0.2) is 0 Å². The van der Waals surface area contributed by atoms with Crippen LogP contribution in [0.2, 0.25) is 5.02 Å². The van der Waals surface area contributed by atoms with E-state index in [2.05, 4.69) is 53.3 Å². The van der Waals surface area contributed by atoms with Gasteiger partial charge in [0.05, 0.1) is 6.04 Å². The van der Waals surface area contributed by atoms with Gasteiger partial charge < -0.3 is 0 Å². The van der Waals surface area contributed by atoms with E-state index in [-0.39, 0.29) is 12.1 Å². The molecule has 0 aliphatic heterocycles. The maximum atomic E-state index is 6.32. The molecule has 3 aromatic rings. The Morgan fingerprint density at radius 1 is 0.905 bits per heavy atom. The van der Waals surface area contributed by atoms with Crippen LogP contribution in [0, 0.1) is 0 Å². The summed E-state index contributed by atoms with van der Waals surface area (Å²) in [5.74, 6) is 0. The lowest BCUT2D eigenvalue weighted by Crippen LogP contribution is -2.24. The van der Waals surface area contributed by atoms with E-state index >= 15 is 0 Å². The molecule has 0 fully saturated rings. The van der Waals surface area contributed by atoms with Crippen molar-refractivity contribution in [2.24, 2.45) is 0 Å². The van der Waals surface area contributed by atoms with E-state index in [9.17, 15) is 0 Å². The Hall–Kier alpha value is -1.13. The van der Waals surface area contributed by atoms with E-state index < -0.39 is 0 Å². The number of benzene rings is 1. The van der Waals surface area contributed by atoms with Gasteiger partial charge in [0.1, 0.15) is 0 Å². The number of rotatable bonds is 5. The van der Waals surface area contributed by atoms with Crippen LogP contribution in [0.3, 0.4) is 0 Å². The van der Waals surface area contributed by atoms with Gasteiger partial charge in [-0.3, -0.25) is 5.32 Å². The van der Waals surface area contributed by atoms with Crippen LogP contribution < -0.4 is 5.32 Å². The van der Waals surface area contributed by atoms with Crippen molar-refractivity contribution in [3.05, 3.63) is 79.6 Å². The van der Waals surface area contributed by atoms with E-state index in [1.807, 2.05) is 18.2 Å². The van der Waals surface area contributed by atoms with Gasteiger partial charge in [0.15, 0.2) is 0 Å². The van der Waals surface area contributed by atoms with E-state index in [4.69, 9.17) is 11.6 Å². The molecule has 0 saturated heterocycles. The molecule has 0 radical (unpaired) electrons. The summed E-state index contributed by atoms with van der Waals surface area (Å²) in [6.07, 6.45) is 0. The van der Waals surface area contributed by atoms with Gasteiger partial charge in [-0.05, 0) is 41.4 Å². The van der Waals surface area contributed by atoms with Gasteiger partial charge in [0.2, 0.25) is 0 Å². The second kappa shape index (κ2) is 6.75. The van der Waals surface area contributed by atoms with Gasteiger partial charge in [-0.2, -0.15) is 0 Å². The zero-order chi connectivity index (χ0) is 14.7. The third-order valence-electron chi connectivity index (χ3n) is 3.44. The minimum atomic E-state index is 0.188. The van der Waals surface area contributed by atoms with Crippen molar-refractivity contribution >= 4 is 34.3 Å². The molecule has 0 amide bonds. The second-order valence-corrected chi connectivity index (χ2v) is 7.24. The average molecular weight is 334 g/mol. The van der Waals surface area contributed by atoms with Gasteiger partial charge in [-0.1, -0.05) is 41.9 Å². The molecule has 1 aromatic carbocycles. The van der Waals surface area contributed by atoms with E-state index in [0.717, 1.165) is 10.6 Å². The lowest BCUT2D eigenvalue weighted by atomic mass is 10.1. The SMILES string of the molecule is CC(NC(c1cccs1)c1cccs1)c1ccccc1Cl. The molecule has 21 heavy (non-hydrogen) atoms. The summed E-state index contributed by atoms with van der Waals surface area (Å²) in [5, 5.41) is 8.77. The standard InChI is InChI=1S/C17H16ClNS2/c1-12(13-6-2-3-7-14(13)18)19-17(15-8-4-10-20-15)16-9-5-11-21-16/h2-12,17,19H,1H3. The molecule has 0 aliphatic rings. The van der Waals surface area contributed by atoms with Crippen molar-refractivity contribution in [3.63, 3.8) is 0 Å². The molecular weight excluding hydrogens is 318 g/mol. The van der Waals surface area contributed by atoms with Gasteiger partial charge in [-0.25, -0.2) is 0 Å². The number of halogens is 1. The molecule has 1 unspecified atom stereocenters. The molecule has 0 saturated carbocycles. The fourth-order valence-electron chi connectivity index (χ4n) is 2.38. The zero-order valence-electron chi connectivity index (χ0n) is 11.6. The molecule has 1 N–H and O–H groups in total. The summed E-state index contributed by atoms with van der Waals surface area (Å²) in [5.41, 5.74) is 1.14. The Morgan fingerprint density at radius 2 is 1.52 bits per heavy atom. The highest BCUT2D eigenvalue weighted by Crippen LogP contribution is 2.32. The van der Waals surface area contributed by atoms with Crippen LogP contribution in [-0.2, 0) is 0 Å². The van der Waals surface area contributed by atoms with Crippen molar-refractivity contribution in [1.82, 2.24) is 5.32 Å². The van der Waals surface area contributed by atoms with Crippen molar-refractivity contribution in [2.75, 3.05) is 0 Å². The normalized spacial score (nSPS) is 12.7. The summed E-state index contributed by atoms with van der Waals surface area (Å²) < 4.78 is 0. The summed E-state index contributed by atoms with van der Waals surface area (Å²) >= 11 is 9.88. The zero-order valence-corrected chi connectivity index (χ0v) is 14.0. The highest BCUT2D eigenvalue weighted by Gasteiger charge is 2.20. The first-order valence-corrected chi connectivity index (χ1v) is 8.96. The van der Waals surface area contributed by atoms with Crippen molar-refractivity contribution in [2.45, 2.75) is 19.0 Å². The summed E-state index contributed by atoms with van der Waals surface area (Å²) in [4.78, 5) is 2.66. The first kappa shape index (κ1) is 14.8. The van der Waals surface area contributed by atoms with Crippen LogP contribution >= 0.6 is 34.3 Å². The average Bonchev–Trinajstić information content (AvgIpc) is 3.18. The topological polar surface area (TPSA) is 12.0 Å². The fourth-order valence-corrected chi connectivity index (χ4v) is 4.36. The molecule has 2 heterocycles. The van der Waals surface area contributed by atoms with Crippen LogP contribution in [0.4, 0.5) is 0 Å². The van der Waals surface area contributed by atoms with E-state index in [1.165, 1.54) is 9.75 Å². The fraction of sp³-hybridized carbons (Fsp3) is 0.176. The van der Waals surface area contributed by atoms with Crippen LogP contribution in [0.1, 0.15) is 34.3 Å². The number of hydrogen-bond donors (Lipinski definition) is 1. The van der Waals surface area contributed by atoms with Crippen LogP contribution in [0.25, 0.3) is 0 Å². The highest BCUT2D eigenvalue weighted by atomic mass is 35.5. The highest BCUT2D eigenvalue weighted by molar-refractivity contribution is 7.11. The van der Waals surface area contributed by atoms with Crippen molar-refractivity contribution < 1.29 is 0 Å². The predicted molar refractivity (Wildman–Crippen MR) is 93.5 cm³/mol. The van der Waals surface area contributed by atoms with Crippen LogP contribution in [0.5, 0.6) is 0 Å². The maximum absolute atomic E-state index is 6.32. The Labute approximate surface area is 138 Å². The first-order chi connectivity index (χ1) is 10.3. The molecule has 1 nitrogen and oxygen atoms in total. The largest absolute Gasteiger partial charge is 0.298 e. The molecule has 1 atom stereocenters. The molecule has 108 valence electrons. The minimum Gasteiger partial charge on any atom is -0.298 e. The van der Waals surface area contributed by atoms with E-state index in [1.54, 1.807) is 22.7 Å². The number of thiophene rings is 2. The molecule has 2 aromatic heterocycles. The summed E-state index contributed by atoms with van der Waals surface area (Å²) in [6.45, 7) is 2.16. The maximum Gasteiger partial charge on any atom is 0.0769 e. The van der Waals surface area contributed by atoms with E-state index in [0.29, 0.717) is 0 Å². The number of nitrogens with one attached hydrogen (secondary N) is 1. The molecule has 0 spiro atoms. The minimum absolute atomic E-state index is 0.188. The number of hydrogen-bond acceptors (Lipinski definition) is 3. The Bertz CT molecular complexity index is 642. The molecule has 3 rings (SSSR count). The van der Waals surface area contributed by atoms with Gasteiger partial charge in [0.25, 0.3) is 0 Å². The molecule has 4 heteroatoms. The third-order valence-corrected chi connectivity index (χ3v) is 5.66. The van der Waals surface area contributed by atoms with Gasteiger partial charge in [-0.15, -0.1) is 22.7 Å². The third kappa shape index (κ3) is 3.38. The van der Waals surface area contributed by atoms with Crippen LogP contribution in [0.15, 0.2) is 59.3 Å². The van der Waals surface area contributed by atoms with Crippen molar-refractivity contribution in [3.8, 4) is 0 Å². The second-order valence-electron chi connectivity index (χ2n) is 4.87. The van der Waals surface area contributed by atoms with Gasteiger partial charge >= 0.3 is 0 Å². The lowest BCUT2D eigenvalue weighted by molar-refractivity contribution is 0.527.